The van der Waals surface area contributed by atoms with E-state index in [0.29, 0.717) is 24.9 Å². The molecule has 14 nitrogen and oxygen atoms in total. The van der Waals surface area contributed by atoms with Gasteiger partial charge >= 0.3 is 11.9 Å². The molecule has 1 heterocycles. The van der Waals surface area contributed by atoms with Crippen LogP contribution in [-0.4, -0.2) is 87.3 Å². The molecule has 38 heavy (non-hydrogen) atoms. The number of hydrogen-bond donors (Lipinski definition) is 9. The molecule has 0 saturated carbocycles. The second-order valence-electron chi connectivity index (χ2n) is 8.76. The number of rotatable bonds is 16. The predicted molar refractivity (Wildman–Crippen MR) is 136 cm³/mol. The number of aliphatic hydroxyl groups is 1. The first kappa shape index (κ1) is 30.2. The highest BCUT2D eigenvalue weighted by atomic mass is 16.4. The van der Waals surface area contributed by atoms with Gasteiger partial charge in [0.15, 0.2) is 0 Å². The molecule has 1 aromatic carbocycles. The number of aliphatic carboxylic acids is 2. The van der Waals surface area contributed by atoms with Crippen LogP contribution in [0.25, 0.3) is 10.9 Å². The monoisotopic (exact) mass is 534 g/mol. The Balaban J connectivity index is 2.32. The van der Waals surface area contributed by atoms with Gasteiger partial charge in [0.05, 0.1) is 13.0 Å². The highest BCUT2D eigenvalue weighted by Gasteiger charge is 2.31. The Kier molecular flexibility index (Phi) is 11.7. The molecule has 2 rings (SSSR count). The summed E-state index contributed by atoms with van der Waals surface area (Å²) >= 11 is 0. The molecule has 0 aliphatic heterocycles. The van der Waals surface area contributed by atoms with Crippen molar-refractivity contribution in [2.45, 2.75) is 56.3 Å². The molecule has 0 spiro atoms. The fourth-order valence-electron chi connectivity index (χ4n) is 3.77. The molecule has 0 bridgehead atoms. The third-order valence-electron chi connectivity index (χ3n) is 5.84. The first-order valence-corrected chi connectivity index (χ1v) is 12.0. The van der Waals surface area contributed by atoms with Crippen molar-refractivity contribution in [2.24, 2.45) is 11.5 Å². The number of carboxylic acid groups (broad SMARTS) is 2. The summed E-state index contributed by atoms with van der Waals surface area (Å²) in [5.41, 5.74) is 12.5. The zero-order valence-corrected chi connectivity index (χ0v) is 20.7. The first-order valence-electron chi connectivity index (χ1n) is 12.0. The SMILES string of the molecule is NCCCCC(NC(=O)C(N)CO)C(=O)NC(Cc1c[nH]c2ccccc12)C(=O)NC(CC(=O)O)C(=O)O. The summed E-state index contributed by atoms with van der Waals surface area (Å²) in [6.07, 6.45) is 1.88. The average molecular weight is 535 g/mol. The van der Waals surface area contributed by atoms with Crippen LogP contribution < -0.4 is 27.4 Å². The Morgan fingerprint density at radius 1 is 0.895 bits per heavy atom. The van der Waals surface area contributed by atoms with Crippen LogP contribution in [0.15, 0.2) is 30.5 Å². The number of carboxylic acids is 2. The van der Waals surface area contributed by atoms with E-state index in [1.54, 1.807) is 18.3 Å². The van der Waals surface area contributed by atoms with E-state index < -0.39 is 66.9 Å². The van der Waals surface area contributed by atoms with Crippen LogP contribution in [0.2, 0.25) is 0 Å². The number of fused-ring (bicyclic) bond motifs is 1. The van der Waals surface area contributed by atoms with Crippen molar-refractivity contribution >= 4 is 40.6 Å². The van der Waals surface area contributed by atoms with Crippen molar-refractivity contribution in [3.8, 4) is 0 Å². The molecule has 2 aromatic rings. The van der Waals surface area contributed by atoms with Gasteiger partial charge in [-0.15, -0.1) is 0 Å². The van der Waals surface area contributed by atoms with E-state index in [9.17, 15) is 29.1 Å². The minimum Gasteiger partial charge on any atom is -0.481 e. The number of benzene rings is 1. The van der Waals surface area contributed by atoms with Crippen LogP contribution in [-0.2, 0) is 30.4 Å². The fraction of sp³-hybridized carbons (Fsp3) is 0.458. The zero-order valence-electron chi connectivity index (χ0n) is 20.7. The van der Waals surface area contributed by atoms with Crippen molar-refractivity contribution < 1.29 is 39.3 Å². The fourth-order valence-corrected chi connectivity index (χ4v) is 3.77. The van der Waals surface area contributed by atoms with Gasteiger partial charge in [-0.1, -0.05) is 18.2 Å². The van der Waals surface area contributed by atoms with Gasteiger partial charge in [0.1, 0.15) is 24.2 Å². The number of hydrogen-bond acceptors (Lipinski definition) is 8. The Bertz CT molecular complexity index is 1140. The predicted octanol–water partition coefficient (Wildman–Crippen LogP) is -1.83. The van der Waals surface area contributed by atoms with Gasteiger partial charge in [0.2, 0.25) is 17.7 Å². The van der Waals surface area contributed by atoms with Crippen molar-refractivity contribution in [1.29, 1.82) is 0 Å². The number of amides is 3. The van der Waals surface area contributed by atoms with Gasteiger partial charge in [-0.3, -0.25) is 19.2 Å². The van der Waals surface area contributed by atoms with Gasteiger partial charge in [-0.25, -0.2) is 4.79 Å². The summed E-state index contributed by atoms with van der Waals surface area (Å²) in [5.74, 6) is -5.42. The summed E-state index contributed by atoms with van der Waals surface area (Å²) in [6, 6.07) is 1.76. The molecule has 14 heteroatoms. The van der Waals surface area contributed by atoms with Crippen molar-refractivity contribution in [3.63, 3.8) is 0 Å². The minimum absolute atomic E-state index is 0.0688. The van der Waals surface area contributed by atoms with E-state index in [-0.39, 0.29) is 12.8 Å². The van der Waals surface area contributed by atoms with Crippen molar-refractivity contribution in [1.82, 2.24) is 20.9 Å². The Labute approximate surface area is 218 Å². The van der Waals surface area contributed by atoms with Crippen molar-refractivity contribution in [3.05, 3.63) is 36.0 Å². The van der Waals surface area contributed by atoms with Crippen LogP contribution >= 0.6 is 0 Å². The standard InChI is InChI=1S/C24H34N6O8/c25-8-4-3-7-17(28-21(34)15(26)12-31)22(35)29-18(23(36)30-19(24(37)38)10-20(32)33)9-13-11-27-16-6-2-1-5-14(13)16/h1-2,5-6,11,15,17-19,27,31H,3-4,7-10,12,25-26H2,(H,28,34)(H,29,35)(H,30,36)(H,32,33)(H,37,38). The molecular weight excluding hydrogens is 500 g/mol. The summed E-state index contributed by atoms with van der Waals surface area (Å²) in [6.45, 7) is -0.293. The topological polar surface area (TPSA) is 250 Å². The maximum absolute atomic E-state index is 13.2. The van der Waals surface area contributed by atoms with Gasteiger partial charge in [0, 0.05) is 23.5 Å². The molecule has 3 amide bonds. The number of carbonyl (C=O) groups is 5. The minimum atomic E-state index is -1.73. The summed E-state index contributed by atoms with van der Waals surface area (Å²) < 4.78 is 0. The van der Waals surface area contributed by atoms with E-state index in [2.05, 4.69) is 20.9 Å². The average Bonchev–Trinajstić information content (AvgIpc) is 3.29. The van der Waals surface area contributed by atoms with Gasteiger partial charge < -0.3 is 47.7 Å². The lowest BCUT2D eigenvalue weighted by Crippen LogP contribution is -2.58. The third kappa shape index (κ3) is 8.83. The molecule has 0 fully saturated rings. The zero-order chi connectivity index (χ0) is 28.2. The number of para-hydroxylation sites is 1. The highest BCUT2D eigenvalue weighted by molar-refractivity contribution is 5.95. The number of nitrogens with two attached hydrogens (primary N) is 2. The van der Waals surface area contributed by atoms with Crippen LogP contribution in [0.5, 0.6) is 0 Å². The van der Waals surface area contributed by atoms with Crippen LogP contribution in [0.3, 0.4) is 0 Å². The quantitative estimate of drug-likeness (QED) is 0.109. The number of unbranched alkanes of at least 4 members (excludes halogenated alkanes) is 1. The molecule has 0 saturated heterocycles. The van der Waals surface area contributed by atoms with Crippen LogP contribution in [0.1, 0.15) is 31.2 Å². The number of aliphatic hydroxyl groups excluding tert-OH is 1. The lowest BCUT2D eigenvalue weighted by atomic mass is 10.0. The number of nitrogens with one attached hydrogen (secondary N) is 4. The van der Waals surface area contributed by atoms with E-state index in [1.165, 1.54) is 0 Å². The molecule has 11 N–H and O–H groups in total. The molecule has 208 valence electrons. The normalized spacial score (nSPS) is 14.2. The number of carbonyl (C=O) groups excluding carboxylic acids is 3. The molecule has 0 aliphatic carbocycles. The van der Waals surface area contributed by atoms with Gasteiger partial charge in [0.25, 0.3) is 0 Å². The molecule has 0 radical (unpaired) electrons. The second-order valence-corrected chi connectivity index (χ2v) is 8.76. The van der Waals surface area contributed by atoms with Crippen LogP contribution in [0.4, 0.5) is 0 Å². The molecule has 4 unspecified atom stereocenters. The van der Waals surface area contributed by atoms with Crippen LogP contribution in [0, 0.1) is 0 Å². The number of H-pyrrole nitrogens is 1. The summed E-state index contributed by atoms with van der Waals surface area (Å²) in [5, 5.41) is 35.5. The van der Waals surface area contributed by atoms with E-state index in [1.807, 2.05) is 12.1 Å². The van der Waals surface area contributed by atoms with E-state index in [0.717, 1.165) is 10.9 Å². The lowest BCUT2D eigenvalue weighted by molar-refractivity contribution is -0.147. The number of aromatic nitrogens is 1. The Morgan fingerprint density at radius 3 is 2.16 bits per heavy atom. The van der Waals surface area contributed by atoms with Gasteiger partial charge in [-0.05, 0) is 37.4 Å². The maximum Gasteiger partial charge on any atom is 0.326 e. The molecule has 4 atom stereocenters. The van der Waals surface area contributed by atoms with Crippen molar-refractivity contribution in [2.75, 3.05) is 13.2 Å². The lowest BCUT2D eigenvalue weighted by Gasteiger charge is -2.25. The Hall–Kier alpha value is -4.01. The molecule has 1 aromatic heterocycles. The number of aromatic amines is 1. The summed E-state index contributed by atoms with van der Waals surface area (Å²) in [4.78, 5) is 64.3. The largest absolute Gasteiger partial charge is 0.481 e. The molecule has 0 aliphatic rings. The Morgan fingerprint density at radius 2 is 1.53 bits per heavy atom. The second kappa shape index (κ2) is 14.7. The summed E-state index contributed by atoms with van der Waals surface area (Å²) in [7, 11) is 0. The molecular formula is C24H34N6O8. The van der Waals surface area contributed by atoms with Gasteiger partial charge in [-0.2, -0.15) is 0 Å². The van der Waals surface area contributed by atoms with E-state index >= 15 is 0 Å². The maximum atomic E-state index is 13.2. The first-order chi connectivity index (χ1) is 18.1. The smallest absolute Gasteiger partial charge is 0.326 e. The highest BCUT2D eigenvalue weighted by Crippen LogP contribution is 2.19. The van der Waals surface area contributed by atoms with E-state index in [4.69, 9.17) is 21.7 Å². The third-order valence-corrected chi connectivity index (χ3v) is 5.84.